The largest absolute Gasteiger partial charge is 0.374 e. The van der Waals surface area contributed by atoms with Gasteiger partial charge in [0, 0.05) is 19.1 Å². The Bertz CT molecular complexity index is 219. The summed E-state index contributed by atoms with van der Waals surface area (Å²) in [5, 5.41) is 0. The molecule has 0 bridgehead atoms. The Morgan fingerprint density at radius 1 is 1.20 bits per heavy atom. The van der Waals surface area contributed by atoms with E-state index in [2.05, 4.69) is 32.6 Å². The molecule has 0 aromatic heterocycles. The van der Waals surface area contributed by atoms with Gasteiger partial charge in [0.1, 0.15) is 0 Å². The van der Waals surface area contributed by atoms with Crippen molar-refractivity contribution in [3.8, 4) is 0 Å². The molecule has 0 aliphatic carbocycles. The summed E-state index contributed by atoms with van der Waals surface area (Å²) in [6.45, 7) is 12.7. The molecule has 88 valence electrons. The molecule has 0 aromatic carbocycles. The first-order valence-corrected chi connectivity index (χ1v) is 6.43. The van der Waals surface area contributed by atoms with E-state index in [1.165, 1.54) is 25.9 Å². The minimum absolute atomic E-state index is 0.227. The van der Waals surface area contributed by atoms with Crippen LogP contribution in [0.25, 0.3) is 0 Å². The molecule has 2 aliphatic rings. The van der Waals surface area contributed by atoms with Crippen LogP contribution in [0.15, 0.2) is 0 Å². The van der Waals surface area contributed by atoms with Crippen molar-refractivity contribution in [3.63, 3.8) is 0 Å². The Kier molecular flexibility index (Phi) is 3.09. The highest BCUT2D eigenvalue weighted by molar-refractivity contribution is 4.97. The van der Waals surface area contributed by atoms with Gasteiger partial charge >= 0.3 is 0 Å². The van der Waals surface area contributed by atoms with Gasteiger partial charge in [0.25, 0.3) is 0 Å². The van der Waals surface area contributed by atoms with Gasteiger partial charge in [0.05, 0.1) is 12.2 Å². The zero-order valence-electron chi connectivity index (χ0n) is 10.6. The fourth-order valence-electron chi connectivity index (χ4n) is 3.11. The first kappa shape index (κ1) is 11.4. The van der Waals surface area contributed by atoms with Crippen LogP contribution in [0.2, 0.25) is 0 Å². The highest BCUT2D eigenvalue weighted by atomic mass is 16.5. The molecule has 2 fully saturated rings. The zero-order valence-corrected chi connectivity index (χ0v) is 10.6. The van der Waals surface area contributed by atoms with Gasteiger partial charge < -0.3 is 9.64 Å². The van der Waals surface area contributed by atoms with Gasteiger partial charge in [-0.05, 0) is 38.5 Å². The highest BCUT2D eigenvalue weighted by Crippen LogP contribution is 2.43. The van der Waals surface area contributed by atoms with Crippen LogP contribution in [0.1, 0.15) is 40.5 Å². The third-order valence-electron chi connectivity index (χ3n) is 4.69. The Balaban J connectivity index is 1.98. The average molecular weight is 211 g/mol. The number of ether oxygens (including phenoxy) is 1. The number of likely N-dealkylation sites (tertiary alicyclic amines) is 1. The molecule has 1 spiro atoms. The van der Waals surface area contributed by atoms with Crippen LogP contribution in [-0.2, 0) is 4.74 Å². The predicted octanol–water partition coefficient (Wildman–Crippen LogP) is 2.53. The Morgan fingerprint density at radius 3 is 2.20 bits per heavy atom. The fourth-order valence-corrected chi connectivity index (χ4v) is 3.11. The smallest absolute Gasteiger partial charge is 0.0735 e. The predicted molar refractivity (Wildman–Crippen MR) is 63.0 cm³/mol. The van der Waals surface area contributed by atoms with Crippen LogP contribution in [0, 0.1) is 11.8 Å². The topological polar surface area (TPSA) is 12.5 Å². The van der Waals surface area contributed by atoms with Crippen LogP contribution >= 0.6 is 0 Å². The molecule has 2 heteroatoms. The summed E-state index contributed by atoms with van der Waals surface area (Å²) >= 11 is 0. The van der Waals surface area contributed by atoms with E-state index in [1.807, 2.05) is 0 Å². The first-order chi connectivity index (χ1) is 7.05. The molecule has 2 heterocycles. The molecular formula is C13H25NO. The second-order valence-electron chi connectivity index (χ2n) is 5.77. The van der Waals surface area contributed by atoms with Gasteiger partial charge in [-0.25, -0.2) is 0 Å². The second kappa shape index (κ2) is 4.06. The van der Waals surface area contributed by atoms with Crippen LogP contribution < -0.4 is 0 Å². The van der Waals surface area contributed by atoms with E-state index in [0.717, 1.165) is 18.4 Å². The van der Waals surface area contributed by atoms with Gasteiger partial charge in [-0.15, -0.1) is 0 Å². The first-order valence-electron chi connectivity index (χ1n) is 6.43. The quantitative estimate of drug-likeness (QED) is 0.661. The van der Waals surface area contributed by atoms with Gasteiger partial charge in [0.15, 0.2) is 0 Å². The maximum Gasteiger partial charge on any atom is 0.0735 e. The summed E-state index contributed by atoms with van der Waals surface area (Å²) in [5.74, 6) is 1.49. The molecule has 0 amide bonds. The summed E-state index contributed by atoms with van der Waals surface area (Å²) in [6, 6.07) is 0.691. The van der Waals surface area contributed by atoms with Crippen molar-refractivity contribution < 1.29 is 4.74 Å². The SMILES string of the molecule is CC1COC2(CCN(C(C)C)CC2)C1C. The molecule has 2 aliphatic heterocycles. The van der Waals surface area contributed by atoms with Gasteiger partial charge in [0.2, 0.25) is 0 Å². The van der Waals surface area contributed by atoms with E-state index < -0.39 is 0 Å². The molecular weight excluding hydrogens is 186 g/mol. The van der Waals surface area contributed by atoms with E-state index in [0.29, 0.717) is 6.04 Å². The molecule has 0 saturated carbocycles. The highest BCUT2D eigenvalue weighted by Gasteiger charge is 2.47. The lowest BCUT2D eigenvalue weighted by Crippen LogP contribution is -2.49. The van der Waals surface area contributed by atoms with E-state index in [1.54, 1.807) is 0 Å². The van der Waals surface area contributed by atoms with E-state index in [-0.39, 0.29) is 5.60 Å². The van der Waals surface area contributed by atoms with Crippen LogP contribution in [0.3, 0.4) is 0 Å². The number of hydrogen-bond acceptors (Lipinski definition) is 2. The maximum atomic E-state index is 6.11. The van der Waals surface area contributed by atoms with Crippen molar-refractivity contribution in [3.05, 3.63) is 0 Å². The molecule has 15 heavy (non-hydrogen) atoms. The lowest BCUT2D eigenvalue weighted by molar-refractivity contribution is -0.0675. The molecule has 2 nitrogen and oxygen atoms in total. The lowest BCUT2D eigenvalue weighted by Gasteiger charge is -2.43. The Hall–Kier alpha value is -0.0800. The zero-order chi connectivity index (χ0) is 11.1. The van der Waals surface area contributed by atoms with Crippen molar-refractivity contribution >= 4 is 0 Å². The van der Waals surface area contributed by atoms with Gasteiger partial charge in [-0.2, -0.15) is 0 Å². The Labute approximate surface area is 94.0 Å². The third-order valence-corrected chi connectivity index (χ3v) is 4.69. The van der Waals surface area contributed by atoms with Gasteiger partial charge in [-0.3, -0.25) is 0 Å². The molecule has 0 radical (unpaired) electrons. The van der Waals surface area contributed by atoms with E-state index in [4.69, 9.17) is 4.74 Å². The summed E-state index contributed by atoms with van der Waals surface area (Å²) in [4.78, 5) is 2.57. The standard InChI is InChI=1S/C13H25NO/c1-10(2)14-7-5-13(6-8-14)12(4)11(3)9-15-13/h10-12H,5-9H2,1-4H3. The second-order valence-corrected chi connectivity index (χ2v) is 5.77. The normalized spacial score (nSPS) is 36.6. The monoisotopic (exact) mass is 211 g/mol. The molecule has 2 saturated heterocycles. The van der Waals surface area contributed by atoms with Crippen molar-refractivity contribution in [1.29, 1.82) is 0 Å². The van der Waals surface area contributed by atoms with Crippen molar-refractivity contribution in [2.75, 3.05) is 19.7 Å². The minimum Gasteiger partial charge on any atom is -0.374 e. The van der Waals surface area contributed by atoms with E-state index in [9.17, 15) is 0 Å². The molecule has 2 rings (SSSR count). The molecule has 0 aromatic rings. The summed E-state index contributed by atoms with van der Waals surface area (Å²) in [6.07, 6.45) is 2.47. The molecule has 2 unspecified atom stereocenters. The van der Waals surface area contributed by atoms with Crippen LogP contribution in [0.5, 0.6) is 0 Å². The summed E-state index contributed by atoms with van der Waals surface area (Å²) < 4.78 is 6.11. The number of piperidine rings is 1. The van der Waals surface area contributed by atoms with Crippen LogP contribution in [0.4, 0.5) is 0 Å². The van der Waals surface area contributed by atoms with E-state index >= 15 is 0 Å². The number of rotatable bonds is 1. The third kappa shape index (κ3) is 1.94. The fraction of sp³-hybridized carbons (Fsp3) is 1.00. The van der Waals surface area contributed by atoms with Crippen LogP contribution in [-0.4, -0.2) is 36.2 Å². The maximum absolute atomic E-state index is 6.11. The summed E-state index contributed by atoms with van der Waals surface area (Å²) in [7, 11) is 0. The van der Waals surface area contributed by atoms with Gasteiger partial charge in [-0.1, -0.05) is 13.8 Å². The Morgan fingerprint density at radius 2 is 1.80 bits per heavy atom. The minimum atomic E-state index is 0.227. The number of hydrogen-bond donors (Lipinski definition) is 0. The van der Waals surface area contributed by atoms with Crippen molar-refractivity contribution in [1.82, 2.24) is 4.90 Å². The lowest BCUT2D eigenvalue weighted by atomic mass is 9.77. The summed E-state index contributed by atoms with van der Waals surface area (Å²) in [5.41, 5.74) is 0.227. The van der Waals surface area contributed by atoms with Crippen molar-refractivity contribution in [2.24, 2.45) is 11.8 Å². The molecule has 0 N–H and O–H groups in total. The number of nitrogens with zero attached hydrogens (tertiary/aromatic N) is 1. The average Bonchev–Trinajstić information content (AvgIpc) is 2.48. The van der Waals surface area contributed by atoms with Crippen molar-refractivity contribution in [2.45, 2.75) is 52.2 Å². The molecule has 2 atom stereocenters.